The Morgan fingerprint density at radius 2 is 1.57 bits per heavy atom. The zero-order chi connectivity index (χ0) is 36.4. The molecule has 0 saturated heterocycles. The van der Waals surface area contributed by atoms with E-state index < -0.39 is 8.32 Å². The quantitative estimate of drug-likeness (QED) is 0.0862. The summed E-state index contributed by atoms with van der Waals surface area (Å²) in [6.07, 6.45) is 2.43. The molecule has 0 bridgehead atoms. The molecule has 0 N–H and O–H groups in total. The molecule has 3 aromatic carbocycles. The largest absolute Gasteiger partial charge is 0.407 e. The zero-order valence-corrected chi connectivity index (χ0v) is 33.6. The number of fused-ring (bicyclic) bond motifs is 1. The number of benzene rings is 3. The standard InChI is InChI=1S/C42H49BrN4O3Si/c1-9-47-36-23-22-30(40-45-37(27-43)46-50-40)25-34(36)35(39(47)33-21-16-24-44-38(33)29(2)48-8)26-42(6,7)28-49-51(41(3,4)5,31-17-12-10-13-18-31)32-19-14-11-15-20-32/h10-25,29H,9,26-28H2,1-8H3/t29-/m0/s1. The van der Waals surface area contributed by atoms with E-state index >= 15 is 0 Å². The second-order valence-electron chi connectivity index (χ2n) is 15.1. The van der Waals surface area contributed by atoms with Gasteiger partial charge in [-0.1, -0.05) is 116 Å². The molecule has 1 atom stereocenters. The van der Waals surface area contributed by atoms with Crippen LogP contribution < -0.4 is 10.4 Å². The highest BCUT2D eigenvalue weighted by Gasteiger charge is 2.50. The van der Waals surface area contributed by atoms with Crippen LogP contribution >= 0.6 is 15.9 Å². The molecule has 0 fully saturated rings. The molecule has 0 saturated carbocycles. The maximum atomic E-state index is 7.54. The summed E-state index contributed by atoms with van der Waals surface area (Å²) in [7, 11) is -1.02. The molecule has 0 radical (unpaired) electrons. The lowest BCUT2D eigenvalue weighted by atomic mass is 9.84. The maximum Gasteiger partial charge on any atom is 0.261 e. The maximum absolute atomic E-state index is 7.54. The van der Waals surface area contributed by atoms with Crippen LogP contribution in [0.4, 0.5) is 0 Å². The summed E-state index contributed by atoms with van der Waals surface area (Å²) in [6.45, 7) is 17.3. The van der Waals surface area contributed by atoms with Crippen LogP contribution in [0.5, 0.6) is 0 Å². The number of pyridine rings is 1. The van der Waals surface area contributed by atoms with Gasteiger partial charge < -0.3 is 18.3 Å². The van der Waals surface area contributed by atoms with Crippen molar-refractivity contribution >= 4 is 45.5 Å². The molecule has 6 rings (SSSR count). The third-order valence-electron chi connectivity index (χ3n) is 9.90. The van der Waals surface area contributed by atoms with Gasteiger partial charge in [0.05, 0.1) is 22.8 Å². The first kappa shape index (κ1) is 36.9. The first-order valence-electron chi connectivity index (χ1n) is 17.7. The van der Waals surface area contributed by atoms with Crippen molar-refractivity contribution in [1.29, 1.82) is 0 Å². The Morgan fingerprint density at radius 3 is 2.14 bits per heavy atom. The van der Waals surface area contributed by atoms with E-state index in [2.05, 4.69) is 164 Å². The molecule has 6 aromatic rings. The second-order valence-corrected chi connectivity index (χ2v) is 19.9. The van der Waals surface area contributed by atoms with Gasteiger partial charge in [-0.05, 0) is 77.0 Å². The molecule has 0 aliphatic carbocycles. The number of hydrogen-bond acceptors (Lipinski definition) is 6. The summed E-state index contributed by atoms with van der Waals surface area (Å²) in [6, 6.07) is 32.4. The number of nitrogens with zero attached hydrogens (tertiary/aromatic N) is 4. The fraction of sp³-hybridized carbons (Fsp3) is 0.357. The highest BCUT2D eigenvalue weighted by Crippen LogP contribution is 2.43. The van der Waals surface area contributed by atoms with Crippen LogP contribution in [0.3, 0.4) is 0 Å². The smallest absolute Gasteiger partial charge is 0.261 e. The summed E-state index contributed by atoms with van der Waals surface area (Å²) < 4.78 is 21.5. The van der Waals surface area contributed by atoms with Crippen molar-refractivity contribution in [2.45, 2.75) is 77.9 Å². The first-order chi connectivity index (χ1) is 24.4. The van der Waals surface area contributed by atoms with Crippen molar-refractivity contribution in [3.63, 3.8) is 0 Å². The Labute approximate surface area is 311 Å². The molecule has 0 aliphatic heterocycles. The lowest BCUT2D eigenvalue weighted by Gasteiger charge is -2.44. The second kappa shape index (κ2) is 15.0. The average Bonchev–Trinajstić information content (AvgIpc) is 3.74. The molecule has 0 spiro atoms. The predicted molar refractivity (Wildman–Crippen MR) is 213 cm³/mol. The molecule has 266 valence electrons. The van der Waals surface area contributed by atoms with Crippen molar-refractivity contribution in [2.24, 2.45) is 5.41 Å². The van der Waals surface area contributed by atoms with Crippen LogP contribution in [-0.2, 0) is 27.5 Å². The molecule has 0 unspecified atom stereocenters. The highest BCUT2D eigenvalue weighted by atomic mass is 79.9. The molecule has 7 nitrogen and oxygen atoms in total. The topological polar surface area (TPSA) is 75.2 Å². The van der Waals surface area contributed by atoms with Crippen molar-refractivity contribution in [1.82, 2.24) is 19.7 Å². The normalized spacial score (nSPS) is 13.2. The summed E-state index contributed by atoms with van der Waals surface area (Å²) in [5, 5.41) is 8.27. The van der Waals surface area contributed by atoms with Gasteiger partial charge in [0.25, 0.3) is 14.2 Å². The molecule has 0 aliphatic rings. The lowest BCUT2D eigenvalue weighted by Crippen LogP contribution is -2.67. The van der Waals surface area contributed by atoms with E-state index in [4.69, 9.17) is 18.7 Å². The Kier molecular flexibility index (Phi) is 10.8. The number of halogens is 1. The van der Waals surface area contributed by atoms with E-state index in [1.54, 1.807) is 7.11 Å². The van der Waals surface area contributed by atoms with Crippen molar-refractivity contribution in [2.75, 3.05) is 13.7 Å². The van der Waals surface area contributed by atoms with E-state index in [9.17, 15) is 0 Å². The van der Waals surface area contributed by atoms with Crippen molar-refractivity contribution in [3.8, 4) is 22.7 Å². The van der Waals surface area contributed by atoms with Crippen molar-refractivity contribution in [3.05, 3.63) is 114 Å². The fourth-order valence-electron chi connectivity index (χ4n) is 7.45. The SMILES string of the molecule is CCn1c(-c2cccnc2[C@H](C)OC)c(CC(C)(C)CO[Si](c2ccccc2)(c2ccccc2)C(C)(C)C)c2cc(-c3nc(CBr)no3)ccc21. The highest BCUT2D eigenvalue weighted by molar-refractivity contribution is 9.08. The van der Waals surface area contributed by atoms with E-state index in [-0.39, 0.29) is 16.6 Å². The van der Waals surface area contributed by atoms with Gasteiger partial charge in [-0.15, -0.1) is 0 Å². The minimum atomic E-state index is -2.76. The first-order valence-corrected chi connectivity index (χ1v) is 20.7. The number of rotatable bonds is 13. The third-order valence-corrected chi connectivity index (χ3v) is 15.4. The Hall–Kier alpha value is -3.89. The van der Waals surface area contributed by atoms with Crippen LogP contribution in [0.2, 0.25) is 5.04 Å². The van der Waals surface area contributed by atoms with E-state index in [0.29, 0.717) is 23.7 Å². The molecule has 3 heterocycles. The molecule has 0 amide bonds. The molecular formula is C42H49BrN4O3Si. The van der Waals surface area contributed by atoms with Crippen LogP contribution in [0.15, 0.2) is 102 Å². The number of aryl methyl sites for hydroxylation is 1. The van der Waals surface area contributed by atoms with Crippen LogP contribution in [0, 0.1) is 5.41 Å². The predicted octanol–water partition coefficient (Wildman–Crippen LogP) is 9.52. The minimum Gasteiger partial charge on any atom is -0.407 e. The van der Waals surface area contributed by atoms with Gasteiger partial charge in [-0.3, -0.25) is 4.98 Å². The minimum absolute atomic E-state index is 0.122. The number of methoxy groups -OCH3 is 1. The molecule has 3 aromatic heterocycles. The summed E-state index contributed by atoms with van der Waals surface area (Å²) in [5.41, 5.74) is 6.16. The molecular weight excluding hydrogens is 716 g/mol. The van der Waals surface area contributed by atoms with Crippen LogP contribution in [0.1, 0.15) is 71.7 Å². The number of ether oxygens (including phenoxy) is 1. The fourth-order valence-corrected chi connectivity index (χ4v) is 12.4. The van der Waals surface area contributed by atoms with Gasteiger partial charge in [0, 0.05) is 48.5 Å². The Bertz CT molecular complexity index is 2050. The van der Waals surface area contributed by atoms with Crippen LogP contribution in [0.25, 0.3) is 33.6 Å². The average molecular weight is 766 g/mol. The van der Waals surface area contributed by atoms with E-state index in [1.165, 1.54) is 15.9 Å². The van der Waals surface area contributed by atoms with Gasteiger partial charge in [0.2, 0.25) is 0 Å². The van der Waals surface area contributed by atoms with Crippen LogP contribution in [-0.4, -0.2) is 41.7 Å². The van der Waals surface area contributed by atoms with Gasteiger partial charge in [0.15, 0.2) is 5.82 Å². The number of alkyl halides is 1. The Balaban J connectivity index is 1.51. The van der Waals surface area contributed by atoms with Gasteiger partial charge in [0.1, 0.15) is 0 Å². The Morgan fingerprint density at radius 1 is 0.902 bits per heavy atom. The molecule has 9 heteroatoms. The summed E-state index contributed by atoms with van der Waals surface area (Å²) >= 11 is 3.46. The molecule has 51 heavy (non-hydrogen) atoms. The van der Waals surface area contributed by atoms with Gasteiger partial charge in [-0.25, -0.2) is 0 Å². The van der Waals surface area contributed by atoms with E-state index in [0.717, 1.165) is 46.4 Å². The zero-order valence-electron chi connectivity index (χ0n) is 31.0. The number of hydrogen-bond donors (Lipinski definition) is 0. The third kappa shape index (κ3) is 7.14. The lowest BCUT2D eigenvalue weighted by molar-refractivity contribution is 0.116. The van der Waals surface area contributed by atoms with E-state index in [1.807, 2.05) is 12.3 Å². The van der Waals surface area contributed by atoms with Gasteiger partial charge in [-0.2, -0.15) is 4.98 Å². The number of aromatic nitrogens is 4. The van der Waals surface area contributed by atoms with Crippen molar-refractivity contribution < 1.29 is 13.7 Å². The van der Waals surface area contributed by atoms with Gasteiger partial charge >= 0.3 is 0 Å². The summed E-state index contributed by atoms with van der Waals surface area (Å²) in [5.74, 6) is 1.12. The summed E-state index contributed by atoms with van der Waals surface area (Å²) in [4.78, 5) is 9.48. The monoisotopic (exact) mass is 764 g/mol.